The number of carbonyl (C=O) groups is 1. The third-order valence-corrected chi connectivity index (χ3v) is 3.36. The lowest BCUT2D eigenvalue weighted by atomic mass is 10.1. The molecule has 0 atom stereocenters. The molecule has 0 heterocycles. The van der Waals surface area contributed by atoms with E-state index in [1.807, 2.05) is 13.0 Å². The van der Waals surface area contributed by atoms with Crippen molar-refractivity contribution < 1.29 is 18.3 Å². The van der Waals surface area contributed by atoms with Crippen LogP contribution in [0.15, 0.2) is 48.6 Å². The predicted molar refractivity (Wildman–Crippen MR) is 85.6 cm³/mol. The Hall–Kier alpha value is -3.00. The van der Waals surface area contributed by atoms with Crippen molar-refractivity contribution in [3.05, 3.63) is 76.9 Å². The van der Waals surface area contributed by atoms with Crippen LogP contribution < -0.4 is 4.74 Å². The number of nitriles is 1. The summed E-state index contributed by atoms with van der Waals surface area (Å²) >= 11 is 0. The van der Waals surface area contributed by atoms with E-state index in [2.05, 4.69) is 6.08 Å². The van der Waals surface area contributed by atoms with Gasteiger partial charge in [0.1, 0.15) is 29.0 Å². The van der Waals surface area contributed by atoms with Crippen LogP contribution >= 0.6 is 0 Å². The van der Waals surface area contributed by atoms with Crippen molar-refractivity contribution >= 4 is 5.97 Å². The number of rotatable bonds is 5. The number of benzene rings is 2. The second-order valence-corrected chi connectivity index (χ2v) is 5.07. The van der Waals surface area contributed by atoms with E-state index in [9.17, 15) is 13.6 Å². The summed E-state index contributed by atoms with van der Waals surface area (Å²) < 4.78 is 32.0. The van der Waals surface area contributed by atoms with Gasteiger partial charge in [-0.1, -0.05) is 24.3 Å². The van der Waals surface area contributed by atoms with Gasteiger partial charge in [0.2, 0.25) is 0 Å². The van der Waals surface area contributed by atoms with Gasteiger partial charge in [-0.05, 0) is 37.5 Å². The summed E-state index contributed by atoms with van der Waals surface area (Å²) in [5, 5.41) is 8.61. The highest BCUT2D eigenvalue weighted by Crippen LogP contribution is 2.21. The van der Waals surface area contributed by atoms with Gasteiger partial charge in [0.05, 0.1) is 5.56 Å². The molecule has 0 saturated heterocycles. The van der Waals surface area contributed by atoms with Crippen molar-refractivity contribution in [3.63, 3.8) is 0 Å². The van der Waals surface area contributed by atoms with E-state index in [0.29, 0.717) is 0 Å². The Kier molecular flexibility index (Phi) is 5.80. The molecule has 0 N–H and O–H groups in total. The molecular weight excluding hydrogens is 312 g/mol. The molecule has 0 aliphatic heterocycles. The molecule has 0 spiro atoms. The SMILES string of the molecule is CC=CCCc1ccc(C(=O)Oc2cc(F)c(C#N)c(F)c2)cc1. The molecule has 0 fully saturated rings. The zero-order valence-electron chi connectivity index (χ0n) is 13.1. The largest absolute Gasteiger partial charge is 0.423 e. The Labute approximate surface area is 138 Å². The number of carbonyl (C=O) groups excluding carboxylic acids is 1. The van der Waals surface area contributed by atoms with Gasteiger partial charge in [-0.25, -0.2) is 13.6 Å². The first-order valence-corrected chi connectivity index (χ1v) is 7.36. The second-order valence-electron chi connectivity index (χ2n) is 5.07. The van der Waals surface area contributed by atoms with Gasteiger partial charge in [0.25, 0.3) is 0 Å². The van der Waals surface area contributed by atoms with E-state index < -0.39 is 23.2 Å². The van der Waals surface area contributed by atoms with Crippen molar-refractivity contribution in [2.24, 2.45) is 0 Å². The Balaban J connectivity index is 2.09. The number of aryl methyl sites for hydroxylation is 1. The zero-order chi connectivity index (χ0) is 17.5. The van der Waals surface area contributed by atoms with Gasteiger partial charge in [0.15, 0.2) is 0 Å². The van der Waals surface area contributed by atoms with E-state index in [0.717, 1.165) is 30.5 Å². The number of nitrogens with zero attached hydrogens (tertiary/aromatic N) is 1. The van der Waals surface area contributed by atoms with Crippen molar-refractivity contribution in [3.8, 4) is 11.8 Å². The number of halogens is 2. The fourth-order valence-electron chi connectivity index (χ4n) is 2.11. The first-order valence-electron chi connectivity index (χ1n) is 7.36. The maximum atomic E-state index is 13.5. The maximum absolute atomic E-state index is 13.5. The van der Waals surface area contributed by atoms with E-state index >= 15 is 0 Å². The Morgan fingerprint density at radius 1 is 1.21 bits per heavy atom. The number of hydrogen-bond acceptors (Lipinski definition) is 3. The second kappa shape index (κ2) is 8.02. The average molecular weight is 327 g/mol. The van der Waals surface area contributed by atoms with Crippen LogP contribution in [-0.4, -0.2) is 5.97 Å². The fraction of sp³-hybridized carbons (Fsp3) is 0.158. The van der Waals surface area contributed by atoms with Crippen molar-refractivity contribution in [2.75, 3.05) is 0 Å². The molecule has 0 aromatic heterocycles. The highest BCUT2D eigenvalue weighted by molar-refractivity contribution is 5.91. The molecule has 0 amide bonds. The average Bonchev–Trinajstić information content (AvgIpc) is 2.55. The molecule has 0 bridgehead atoms. The van der Waals surface area contributed by atoms with Crippen LogP contribution in [0.1, 0.15) is 34.8 Å². The zero-order valence-corrected chi connectivity index (χ0v) is 13.1. The summed E-state index contributed by atoms with van der Waals surface area (Å²) in [4.78, 5) is 12.0. The molecule has 24 heavy (non-hydrogen) atoms. The first-order chi connectivity index (χ1) is 11.5. The third-order valence-electron chi connectivity index (χ3n) is 3.36. The van der Waals surface area contributed by atoms with Crippen LogP contribution in [0.5, 0.6) is 5.75 Å². The van der Waals surface area contributed by atoms with Crippen molar-refractivity contribution in [1.82, 2.24) is 0 Å². The van der Waals surface area contributed by atoms with Crippen LogP contribution in [0.3, 0.4) is 0 Å². The Bertz CT molecular complexity index is 782. The standard InChI is InChI=1S/C19H15F2NO2/c1-2-3-4-5-13-6-8-14(9-7-13)19(23)24-15-10-17(20)16(12-22)18(21)11-15/h2-3,6-11H,4-5H2,1H3. The minimum Gasteiger partial charge on any atom is -0.423 e. The number of hydrogen-bond donors (Lipinski definition) is 0. The number of esters is 1. The van der Waals surface area contributed by atoms with Crippen molar-refractivity contribution in [1.29, 1.82) is 5.26 Å². The smallest absolute Gasteiger partial charge is 0.343 e. The predicted octanol–water partition coefficient (Wildman–Crippen LogP) is 4.56. The fourth-order valence-corrected chi connectivity index (χ4v) is 2.11. The van der Waals surface area contributed by atoms with Gasteiger partial charge in [-0.3, -0.25) is 0 Å². The lowest BCUT2D eigenvalue weighted by Gasteiger charge is -2.06. The summed E-state index contributed by atoms with van der Waals surface area (Å²) in [5.41, 5.74) is 0.635. The molecular formula is C19H15F2NO2. The van der Waals surface area contributed by atoms with E-state index in [-0.39, 0.29) is 11.3 Å². The molecule has 3 nitrogen and oxygen atoms in total. The topological polar surface area (TPSA) is 50.1 Å². The maximum Gasteiger partial charge on any atom is 0.343 e. The molecule has 5 heteroatoms. The lowest BCUT2D eigenvalue weighted by Crippen LogP contribution is -2.09. The molecule has 0 saturated carbocycles. The van der Waals surface area contributed by atoms with Gasteiger partial charge < -0.3 is 4.74 Å². The van der Waals surface area contributed by atoms with E-state index in [1.54, 1.807) is 24.3 Å². The summed E-state index contributed by atoms with van der Waals surface area (Å²) in [6.07, 6.45) is 5.79. The van der Waals surface area contributed by atoms with Crippen LogP contribution in [-0.2, 0) is 6.42 Å². The van der Waals surface area contributed by atoms with Gasteiger partial charge in [-0.15, -0.1) is 0 Å². The summed E-state index contributed by atoms with van der Waals surface area (Å²) in [7, 11) is 0. The molecule has 0 aliphatic carbocycles. The van der Waals surface area contributed by atoms with Crippen LogP contribution in [0.25, 0.3) is 0 Å². The minimum atomic E-state index is -1.07. The Morgan fingerprint density at radius 2 is 1.83 bits per heavy atom. The molecule has 2 aromatic carbocycles. The van der Waals surface area contributed by atoms with E-state index in [4.69, 9.17) is 10.00 Å². The quantitative estimate of drug-likeness (QED) is 0.459. The lowest BCUT2D eigenvalue weighted by molar-refractivity contribution is 0.0734. The van der Waals surface area contributed by atoms with Crippen LogP contribution in [0.4, 0.5) is 8.78 Å². The van der Waals surface area contributed by atoms with Gasteiger partial charge >= 0.3 is 5.97 Å². The molecule has 2 aromatic rings. The van der Waals surface area contributed by atoms with Gasteiger partial charge in [-0.2, -0.15) is 5.26 Å². The Morgan fingerprint density at radius 3 is 2.38 bits per heavy atom. The van der Waals surface area contributed by atoms with Crippen molar-refractivity contribution in [2.45, 2.75) is 19.8 Å². The summed E-state index contributed by atoms with van der Waals surface area (Å²) in [5.74, 6) is -3.15. The third kappa shape index (κ3) is 4.26. The minimum absolute atomic E-state index is 0.273. The number of ether oxygens (including phenoxy) is 1. The first kappa shape index (κ1) is 17.4. The molecule has 2 rings (SSSR count). The molecule has 0 aliphatic rings. The highest BCUT2D eigenvalue weighted by atomic mass is 19.1. The number of allylic oxidation sites excluding steroid dienone is 2. The highest BCUT2D eigenvalue weighted by Gasteiger charge is 2.14. The van der Waals surface area contributed by atoms with E-state index in [1.165, 1.54) is 6.07 Å². The normalized spacial score (nSPS) is 10.6. The molecule has 122 valence electrons. The van der Waals surface area contributed by atoms with Crippen LogP contribution in [0, 0.1) is 23.0 Å². The summed E-state index contributed by atoms with van der Waals surface area (Å²) in [6, 6.07) is 9.84. The van der Waals surface area contributed by atoms with Gasteiger partial charge in [0, 0.05) is 12.1 Å². The molecule has 0 radical (unpaired) electrons. The molecule has 0 unspecified atom stereocenters. The summed E-state index contributed by atoms with van der Waals surface area (Å²) in [6.45, 7) is 1.95. The monoisotopic (exact) mass is 327 g/mol. The van der Waals surface area contributed by atoms with Crippen LogP contribution in [0.2, 0.25) is 0 Å².